The predicted octanol–water partition coefficient (Wildman–Crippen LogP) is 3.54. The number of benzene rings is 1. The molecule has 0 saturated heterocycles. The molecule has 0 unspecified atom stereocenters. The molecule has 1 aliphatic rings. The zero-order valence-corrected chi connectivity index (χ0v) is 18.1. The quantitative estimate of drug-likeness (QED) is 0.690. The van der Waals surface area contributed by atoms with Crippen LogP contribution in [0.1, 0.15) is 48.5 Å². The minimum Gasteiger partial charge on any atom is -0.494 e. The lowest BCUT2D eigenvalue weighted by Crippen LogP contribution is -2.49. The first-order valence-corrected chi connectivity index (χ1v) is 10.8. The van der Waals surface area contributed by atoms with Crippen molar-refractivity contribution in [2.75, 3.05) is 6.61 Å². The number of thiophene rings is 1. The molecule has 2 heterocycles. The van der Waals surface area contributed by atoms with E-state index in [9.17, 15) is 9.59 Å². The van der Waals surface area contributed by atoms with Crippen LogP contribution in [-0.4, -0.2) is 30.6 Å². The van der Waals surface area contributed by atoms with Gasteiger partial charge in [0.05, 0.1) is 11.5 Å². The number of hydrogen-bond acceptors (Lipinski definition) is 5. The Kier molecular flexibility index (Phi) is 6.79. The van der Waals surface area contributed by atoms with Gasteiger partial charge in [-0.1, -0.05) is 19.9 Å². The Morgan fingerprint density at radius 3 is 2.79 bits per heavy atom. The second kappa shape index (κ2) is 9.31. The van der Waals surface area contributed by atoms with E-state index >= 15 is 0 Å². The number of amides is 2. The minimum absolute atomic E-state index is 0.0468. The third-order valence-corrected chi connectivity index (χ3v) is 5.68. The van der Waals surface area contributed by atoms with E-state index in [4.69, 9.17) is 9.47 Å². The number of hydrogen-bond donors (Lipinski definition) is 2. The second-order valence-electron chi connectivity index (χ2n) is 7.52. The maximum atomic E-state index is 12.8. The molecule has 1 aromatic carbocycles. The van der Waals surface area contributed by atoms with Crippen LogP contribution in [0.4, 0.5) is 0 Å². The number of ether oxygens (including phenoxy) is 2. The van der Waals surface area contributed by atoms with Gasteiger partial charge in [-0.2, -0.15) is 0 Å². The highest BCUT2D eigenvalue weighted by Crippen LogP contribution is 2.35. The smallest absolute Gasteiger partial charge is 0.262 e. The summed E-state index contributed by atoms with van der Waals surface area (Å²) in [6, 6.07) is 6.89. The third-order valence-electron chi connectivity index (χ3n) is 4.81. The molecule has 0 radical (unpaired) electrons. The fourth-order valence-corrected chi connectivity index (χ4v) is 3.98. The number of carbonyl (C=O) groups excluding carboxylic acids is 2. The highest BCUT2D eigenvalue weighted by molar-refractivity contribution is 7.12. The molecule has 29 heavy (non-hydrogen) atoms. The molecular weight excluding hydrogens is 388 g/mol. The Balaban J connectivity index is 1.69. The van der Waals surface area contributed by atoms with Gasteiger partial charge in [-0.25, -0.2) is 0 Å². The number of fused-ring (bicyclic) bond motifs is 1. The van der Waals surface area contributed by atoms with Crippen LogP contribution in [0, 0.1) is 5.92 Å². The van der Waals surface area contributed by atoms with Gasteiger partial charge in [-0.05, 0) is 43.3 Å². The summed E-state index contributed by atoms with van der Waals surface area (Å²) in [7, 11) is 0. The summed E-state index contributed by atoms with van der Waals surface area (Å²) in [5.74, 6) is 1.10. The second-order valence-corrected chi connectivity index (χ2v) is 8.47. The fraction of sp³-hybridized carbons (Fsp3) is 0.455. The summed E-state index contributed by atoms with van der Waals surface area (Å²) < 4.78 is 11.6. The van der Waals surface area contributed by atoms with E-state index in [2.05, 4.69) is 10.6 Å². The predicted molar refractivity (Wildman–Crippen MR) is 114 cm³/mol. The van der Waals surface area contributed by atoms with Gasteiger partial charge in [-0.15, -0.1) is 11.3 Å². The highest BCUT2D eigenvalue weighted by Gasteiger charge is 2.26. The zero-order valence-electron chi connectivity index (χ0n) is 17.3. The van der Waals surface area contributed by atoms with Crippen LogP contribution in [0.25, 0.3) is 0 Å². The van der Waals surface area contributed by atoms with E-state index in [-0.39, 0.29) is 23.8 Å². The average molecular weight is 417 g/mol. The maximum absolute atomic E-state index is 12.8. The molecule has 3 rings (SSSR count). The van der Waals surface area contributed by atoms with E-state index < -0.39 is 6.04 Å². The Labute approximate surface area is 175 Å². The van der Waals surface area contributed by atoms with Crippen molar-refractivity contribution >= 4 is 23.2 Å². The van der Waals surface area contributed by atoms with Crippen molar-refractivity contribution in [1.29, 1.82) is 0 Å². The van der Waals surface area contributed by atoms with Crippen LogP contribution >= 0.6 is 11.3 Å². The van der Waals surface area contributed by atoms with E-state index in [1.165, 1.54) is 11.3 Å². The van der Waals surface area contributed by atoms with Gasteiger partial charge in [0.2, 0.25) is 5.91 Å². The molecule has 2 aromatic rings. The SMILES string of the molecule is CCOc1cc2c(cc1CNC(=O)[C@@H](NC(=O)c1cccs1)C(C)C)O[C@@H](C)C2. The normalized spacial score (nSPS) is 16.1. The van der Waals surface area contributed by atoms with E-state index in [0.717, 1.165) is 29.0 Å². The van der Waals surface area contributed by atoms with Crippen LogP contribution < -0.4 is 20.1 Å². The standard InChI is InChI=1S/C22H28N2O4S/c1-5-27-17-10-15-9-14(4)28-18(15)11-16(17)12-23-22(26)20(13(2)3)24-21(25)19-7-6-8-29-19/h6-8,10-11,13-14,20H,5,9,12H2,1-4H3,(H,23,26)(H,24,25)/t14-,20-/m0/s1. The molecule has 0 fully saturated rings. The summed E-state index contributed by atoms with van der Waals surface area (Å²) in [4.78, 5) is 25.8. The summed E-state index contributed by atoms with van der Waals surface area (Å²) in [6.45, 7) is 8.64. The number of carbonyl (C=O) groups is 2. The van der Waals surface area contributed by atoms with Gasteiger partial charge in [-0.3, -0.25) is 9.59 Å². The topological polar surface area (TPSA) is 76.7 Å². The largest absolute Gasteiger partial charge is 0.494 e. The summed E-state index contributed by atoms with van der Waals surface area (Å²) in [5.41, 5.74) is 1.99. The van der Waals surface area contributed by atoms with Gasteiger partial charge in [0.1, 0.15) is 23.6 Å². The molecule has 2 amide bonds. The van der Waals surface area contributed by atoms with Gasteiger partial charge in [0.15, 0.2) is 0 Å². The Morgan fingerprint density at radius 1 is 1.34 bits per heavy atom. The first kappa shape index (κ1) is 21.2. The molecule has 0 bridgehead atoms. The van der Waals surface area contributed by atoms with E-state index in [1.807, 2.05) is 51.3 Å². The van der Waals surface area contributed by atoms with Gasteiger partial charge < -0.3 is 20.1 Å². The van der Waals surface area contributed by atoms with Crippen LogP contribution in [-0.2, 0) is 17.8 Å². The first-order valence-electron chi connectivity index (χ1n) is 9.96. The maximum Gasteiger partial charge on any atom is 0.262 e. The first-order chi connectivity index (χ1) is 13.9. The van der Waals surface area contributed by atoms with Crippen molar-refractivity contribution in [3.63, 3.8) is 0 Å². The van der Waals surface area contributed by atoms with Gasteiger partial charge in [0, 0.05) is 24.1 Å². The molecule has 2 N–H and O–H groups in total. The average Bonchev–Trinajstić information content (AvgIpc) is 3.32. The van der Waals surface area contributed by atoms with Crippen molar-refractivity contribution in [2.24, 2.45) is 5.92 Å². The minimum atomic E-state index is -0.620. The molecule has 7 heteroatoms. The Morgan fingerprint density at radius 2 is 2.14 bits per heavy atom. The van der Waals surface area contributed by atoms with Gasteiger partial charge >= 0.3 is 0 Å². The van der Waals surface area contributed by atoms with Crippen molar-refractivity contribution in [3.8, 4) is 11.5 Å². The molecule has 0 aliphatic carbocycles. The summed E-state index contributed by atoms with van der Waals surface area (Å²) in [6.07, 6.45) is 0.994. The Hall–Kier alpha value is -2.54. The van der Waals surface area contributed by atoms with Crippen LogP contribution in [0.3, 0.4) is 0 Å². The lowest BCUT2D eigenvalue weighted by molar-refractivity contribution is -0.124. The van der Waals surface area contributed by atoms with Crippen LogP contribution in [0.2, 0.25) is 0 Å². The van der Waals surface area contributed by atoms with Crippen molar-refractivity contribution in [2.45, 2.75) is 52.8 Å². The van der Waals surface area contributed by atoms with Crippen molar-refractivity contribution in [3.05, 3.63) is 45.6 Å². The Bertz CT molecular complexity index is 864. The van der Waals surface area contributed by atoms with E-state index in [0.29, 0.717) is 18.0 Å². The fourth-order valence-electron chi connectivity index (χ4n) is 3.36. The van der Waals surface area contributed by atoms with E-state index in [1.54, 1.807) is 6.07 Å². The molecule has 1 aromatic heterocycles. The monoisotopic (exact) mass is 416 g/mol. The molecule has 6 nitrogen and oxygen atoms in total. The van der Waals surface area contributed by atoms with Gasteiger partial charge in [0.25, 0.3) is 5.91 Å². The van der Waals surface area contributed by atoms with Crippen LogP contribution in [0.15, 0.2) is 29.6 Å². The zero-order chi connectivity index (χ0) is 21.0. The molecule has 0 saturated carbocycles. The molecule has 0 spiro atoms. The molecule has 1 aliphatic heterocycles. The van der Waals surface area contributed by atoms with Crippen LogP contribution in [0.5, 0.6) is 11.5 Å². The number of nitrogens with one attached hydrogen (secondary N) is 2. The van der Waals surface area contributed by atoms with Crippen molar-refractivity contribution in [1.82, 2.24) is 10.6 Å². The highest BCUT2D eigenvalue weighted by atomic mass is 32.1. The third kappa shape index (κ3) is 5.09. The molecular formula is C22H28N2O4S. The summed E-state index contributed by atoms with van der Waals surface area (Å²) in [5, 5.41) is 7.63. The lowest BCUT2D eigenvalue weighted by Gasteiger charge is -2.22. The number of rotatable bonds is 8. The summed E-state index contributed by atoms with van der Waals surface area (Å²) >= 11 is 1.35. The lowest BCUT2D eigenvalue weighted by atomic mass is 10.0. The van der Waals surface area contributed by atoms with Crippen molar-refractivity contribution < 1.29 is 19.1 Å². The molecule has 156 valence electrons. The molecule has 2 atom stereocenters.